The average Bonchev–Trinajstić information content (AvgIpc) is 2.82. The van der Waals surface area contributed by atoms with Gasteiger partial charge >= 0.3 is 5.97 Å². The SMILES string of the molecule is COC(=O)/C(N)=C(/NCc1ccc(OC)cc1)Oc1ccc(N2CCOCC2)cc1. The standard InChI is InChI=1S/C22H27N3O5/c1-27-18-7-3-16(4-8-18)15-24-21(20(23)22(26)28-2)30-19-9-5-17(6-10-19)25-11-13-29-14-12-25/h3-10,24H,11-15,23H2,1-2H3/b21-20+. The lowest BCUT2D eigenvalue weighted by molar-refractivity contribution is -0.136. The van der Waals surface area contributed by atoms with E-state index >= 15 is 0 Å². The number of carbonyl (C=O) groups excluding carboxylic acids is 1. The number of ether oxygens (including phenoxy) is 4. The van der Waals surface area contributed by atoms with Gasteiger partial charge in [0, 0.05) is 25.3 Å². The van der Waals surface area contributed by atoms with Crippen LogP contribution in [0, 0.1) is 0 Å². The fraction of sp³-hybridized carbons (Fsp3) is 0.318. The molecule has 0 bridgehead atoms. The zero-order valence-corrected chi connectivity index (χ0v) is 17.2. The van der Waals surface area contributed by atoms with Crippen molar-refractivity contribution in [1.82, 2.24) is 5.32 Å². The molecule has 0 unspecified atom stereocenters. The first-order chi connectivity index (χ1) is 14.6. The summed E-state index contributed by atoms with van der Waals surface area (Å²) >= 11 is 0. The van der Waals surface area contributed by atoms with Crippen molar-refractivity contribution < 1.29 is 23.7 Å². The van der Waals surface area contributed by atoms with Gasteiger partial charge in [0.1, 0.15) is 11.5 Å². The van der Waals surface area contributed by atoms with E-state index in [1.54, 1.807) is 7.11 Å². The Bertz CT molecular complexity index is 859. The van der Waals surface area contributed by atoms with Gasteiger partial charge in [-0.2, -0.15) is 0 Å². The van der Waals surface area contributed by atoms with E-state index in [2.05, 4.69) is 10.2 Å². The second kappa shape index (κ2) is 10.4. The maximum absolute atomic E-state index is 11.9. The third kappa shape index (κ3) is 5.57. The van der Waals surface area contributed by atoms with Crippen molar-refractivity contribution in [3.05, 3.63) is 65.7 Å². The van der Waals surface area contributed by atoms with Crippen LogP contribution in [0.25, 0.3) is 0 Å². The number of carbonyl (C=O) groups is 1. The molecule has 1 aliphatic heterocycles. The van der Waals surface area contributed by atoms with Crippen LogP contribution in [-0.4, -0.2) is 46.5 Å². The number of morpholine rings is 1. The number of esters is 1. The van der Waals surface area contributed by atoms with Crippen LogP contribution in [-0.2, 0) is 20.8 Å². The molecule has 1 fully saturated rings. The zero-order valence-electron chi connectivity index (χ0n) is 17.2. The van der Waals surface area contributed by atoms with E-state index in [-0.39, 0.29) is 11.6 Å². The molecule has 30 heavy (non-hydrogen) atoms. The highest BCUT2D eigenvalue weighted by molar-refractivity contribution is 5.87. The summed E-state index contributed by atoms with van der Waals surface area (Å²) in [5.74, 6) is 0.783. The van der Waals surface area contributed by atoms with E-state index in [9.17, 15) is 4.79 Å². The van der Waals surface area contributed by atoms with E-state index in [4.69, 9.17) is 24.7 Å². The molecule has 1 aliphatic rings. The molecule has 3 rings (SSSR count). The molecule has 0 radical (unpaired) electrons. The fourth-order valence-electron chi connectivity index (χ4n) is 2.98. The summed E-state index contributed by atoms with van der Waals surface area (Å²) in [6.45, 7) is 3.54. The molecule has 8 nitrogen and oxygen atoms in total. The molecule has 0 saturated carbocycles. The Balaban J connectivity index is 1.71. The van der Waals surface area contributed by atoms with Gasteiger partial charge < -0.3 is 34.9 Å². The van der Waals surface area contributed by atoms with Gasteiger partial charge in [-0.3, -0.25) is 0 Å². The number of rotatable bonds is 8. The van der Waals surface area contributed by atoms with Crippen molar-refractivity contribution in [2.75, 3.05) is 45.4 Å². The second-order valence-corrected chi connectivity index (χ2v) is 6.63. The molecule has 2 aromatic rings. The molecule has 160 valence electrons. The monoisotopic (exact) mass is 413 g/mol. The first-order valence-electron chi connectivity index (χ1n) is 9.66. The van der Waals surface area contributed by atoms with Crippen molar-refractivity contribution in [2.24, 2.45) is 5.73 Å². The average molecular weight is 413 g/mol. The summed E-state index contributed by atoms with van der Waals surface area (Å²) in [7, 11) is 2.89. The number of nitrogens with two attached hydrogens (primary N) is 1. The highest BCUT2D eigenvalue weighted by Gasteiger charge is 2.16. The first-order valence-corrected chi connectivity index (χ1v) is 9.66. The number of hydrogen-bond acceptors (Lipinski definition) is 8. The fourth-order valence-corrected chi connectivity index (χ4v) is 2.98. The Kier molecular flexibility index (Phi) is 7.40. The molecule has 0 aliphatic carbocycles. The highest BCUT2D eigenvalue weighted by Crippen LogP contribution is 2.22. The van der Waals surface area contributed by atoms with Crippen LogP contribution in [0.15, 0.2) is 60.1 Å². The topological polar surface area (TPSA) is 95.3 Å². The Labute approximate surface area is 176 Å². The molecule has 0 amide bonds. The predicted octanol–water partition coefficient (Wildman–Crippen LogP) is 2.00. The summed E-state index contributed by atoms with van der Waals surface area (Å²) in [5, 5.41) is 3.08. The van der Waals surface area contributed by atoms with Gasteiger partial charge in [0.25, 0.3) is 0 Å². The van der Waals surface area contributed by atoms with E-state index in [0.717, 1.165) is 43.3 Å². The van der Waals surface area contributed by atoms with Gasteiger partial charge in [0.15, 0.2) is 5.70 Å². The first kappa shape index (κ1) is 21.3. The van der Waals surface area contributed by atoms with Crippen LogP contribution in [0.1, 0.15) is 5.56 Å². The molecule has 0 aromatic heterocycles. The molecule has 3 N–H and O–H groups in total. The summed E-state index contributed by atoms with van der Waals surface area (Å²) in [4.78, 5) is 14.2. The van der Waals surface area contributed by atoms with Crippen LogP contribution in [0.4, 0.5) is 5.69 Å². The molecule has 0 atom stereocenters. The maximum Gasteiger partial charge on any atom is 0.359 e. The third-order valence-corrected chi connectivity index (χ3v) is 4.69. The smallest absolute Gasteiger partial charge is 0.359 e. The van der Waals surface area contributed by atoms with E-state index < -0.39 is 5.97 Å². The van der Waals surface area contributed by atoms with E-state index in [1.807, 2.05) is 48.5 Å². The summed E-state index contributed by atoms with van der Waals surface area (Å²) < 4.78 is 21.2. The van der Waals surface area contributed by atoms with Gasteiger partial charge in [0.05, 0.1) is 27.4 Å². The molecule has 2 aromatic carbocycles. The normalized spacial score (nSPS) is 14.5. The van der Waals surface area contributed by atoms with Crippen LogP contribution in [0.2, 0.25) is 0 Å². The van der Waals surface area contributed by atoms with Crippen molar-refractivity contribution in [2.45, 2.75) is 6.54 Å². The minimum absolute atomic E-state index is 0.136. The number of nitrogens with zero attached hydrogens (tertiary/aromatic N) is 1. The minimum Gasteiger partial charge on any atom is -0.497 e. The van der Waals surface area contributed by atoms with Crippen LogP contribution >= 0.6 is 0 Å². The Morgan fingerprint density at radius 1 is 1.03 bits per heavy atom. The molecule has 0 spiro atoms. The Morgan fingerprint density at radius 2 is 1.67 bits per heavy atom. The quantitative estimate of drug-likeness (QED) is 0.386. The van der Waals surface area contributed by atoms with E-state index in [0.29, 0.717) is 12.3 Å². The third-order valence-electron chi connectivity index (χ3n) is 4.69. The predicted molar refractivity (Wildman–Crippen MR) is 113 cm³/mol. The summed E-state index contributed by atoms with van der Waals surface area (Å²) in [6.07, 6.45) is 0. The lowest BCUT2D eigenvalue weighted by Gasteiger charge is -2.28. The van der Waals surface area contributed by atoms with Gasteiger partial charge in [-0.05, 0) is 42.0 Å². The van der Waals surface area contributed by atoms with Gasteiger partial charge in [-0.1, -0.05) is 12.1 Å². The molecule has 8 heteroatoms. The van der Waals surface area contributed by atoms with Gasteiger partial charge in [0.2, 0.25) is 5.88 Å². The highest BCUT2D eigenvalue weighted by atomic mass is 16.5. The van der Waals surface area contributed by atoms with Crippen molar-refractivity contribution >= 4 is 11.7 Å². The Morgan fingerprint density at radius 3 is 2.27 bits per heavy atom. The summed E-state index contributed by atoms with van der Waals surface area (Å²) in [6, 6.07) is 15.1. The van der Waals surface area contributed by atoms with Crippen LogP contribution in [0.3, 0.4) is 0 Å². The lowest BCUT2D eigenvalue weighted by atomic mass is 10.2. The zero-order chi connectivity index (χ0) is 21.3. The van der Waals surface area contributed by atoms with Crippen molar-refractivity contribution in [3.8, 4) is 11.5 Å². The molecular weight excluding hydrogens is 386 g/mol. The van der Waals surface area contributed by atoms with Crippen molar-refractivity contribution in [3.63, 3.8) is 0 Å². The number of anilines is 1. The van der Waals surface area contributed by atoms with Gasteiger partial charge in [-0.15, -0.1) is 0 Å². The van der Waals surface area contributed by atoms with Crippen molar-refractivity contribution in [1.29, 1.82) is 0 Å². The number of hydrogen-bond donors (Lipinski definition) is 2. The number of nitrogens with one attached hydrogen (secondary N) is 1. The number of benzene rings is 2. The van der Waals surface area contributed by atoms with E-state index in [1.165, 1.54) is 7.11 Å². The van der Waals surface area contributed by atoms with Gasteiger partial charge in [-0.25, -0.2) is 4.79 Å². The lowest BCUT2D eigenvalue weighted by Crippen LogP contribution is -2.36. The maximum atomic E-state index is 11.9. The molecular formula is C22H27N3O5. The van der Waals surface area contributed by atoms with Crippen LogP contribution in [0.5, 0.6) is 11.5 Å². The molecule has 1 saturated heterocycles. The Hall–Kier alpha value is -3.39. The largest absolute Gasteiger partial charge is 0.497 e. The molecule has 1 heterocycles. The second-order valence-electron chi connectivity index (χ2n) is 6.63. The number of methoxy groups -OCH3 is 2. The minimum atomic E-state index is -0.669. The van der Waals surface area contributed by atoms with Crippen LogP contribution < -0.4 is 25.4 Å². The summed E-state index contributed by atoms with van der Waals surface area (Å²) in [5.41, 5.74) is 7.87.